The monoisotopic (exact) mass is 409 g/mol. The van der Waals surface area contributed by atoms with Gasteiger partial charge in [0.15, 0.2) is 5.65 Å². The number of rotatable bonds is 3. The number of nitrogens with zero attached hydrogens (tertiary/aromatic N) is 2. The van der Waals surface area contributed by atoms with Gasteiger partial charge >= 0.3 is 5.97 Å². The molecular formula is C15H12IN3O3. The molecule has 0 fully saturated rings. The SMILES string of the molecule is CCOC(=O)c1cnc2cc(-c3ccc(I)cc3)[nH]n2c1=O. The zero-order valence-corrected chi connectivity index (χ0v) is 13.8. The van der Waals surface area contributed by atoms with E-state index >= 15 is 0 Å². The van der Waals surface area contributed by atoms with E-state index in [1.807, 2.05) is 24.3 Å². The molecule has 0 saturated carbocycles. The molecular weight excluding hydrogens is 397 g/mol. The number of benzene rings is 1. The second-order valence-electron chi connectivity index (χ2n) is 4.57. The van der Waals surface area contributed by atoms with Crippen LogP contribution in [0.1, 0.15) is 17.3 Å². The molecule has 0 aliphatic carbocycles. The van der Waals surface area contributed by atoms with Gasteiger partial charge in [0.1, 0.15) is 5.56 Å². The number of fused-ring (bicyclic) bond motifs is 1. The number of carbonyl (C=O) groups excluding carboxylic acids is 1. The molecule has 0 aliphatic heterocycles. The summed E-state index contributed by atoms with van der Waals surface area (Å²) < 4.78 is 7.23. The lowest BCUT2D eigenvalue weighted by Crippen LogP contribution is -2.24. The van der Waals surface area contributed by atoms with Gasteiger partial charge in [0.2, 0.25) is 0 Å². The average Bonchev–Trinajstić information content (AvgIpc) is 2.93. The van der Waals surface area contributed by atoms with Gasteiger partial charge in [-0.3, -0.25) is 9.89 Å². The van der Waals surface area contributed by atoms with E-state index in [0.29, 0.717) is 5.65 Å². The van der Waals surface area contributed by atoms with Crippen LogP contribution in [0.25, 0.3) is 16.9 Å². The van der Waals surface area contributed by atoms with Gasteiger partial charge in [-0.1, -0.05) is 12.1 Å². The number of ether oxygens (including phenoxy) is 1. The Kier molecular flexibility index (Phi) is 3.97. The third kappa shape index (κ3) is 2.63. The number of hydrogen-bond acceptors (Lipinski definition) is 4. The molecule has 1 N–H and O–H groups in total. The van der Waals surface area contributed by atoms with Crippen LogP contribution in [-0.4, -0.2) is 27.2 Å². The lowest BCUT2D eigenvalue weighted by Gasteiger charge is -2.00. The number of hydrogen-bond donors (Lipinski definition) is 1. The highest BCUT2D eigenvalue weighted by atomic mass is 127. The molecule has 2 heterocycles. The van der Waals surface area contributed by atoms with E-state index in [1.165, 1.54) is 10.7 Å². The first-order valence-electron chi connectivity index (χ1n) is 6.64. The quantitative estimate of drug-likeness (QED) is 0.533. The Morgan fingerprint density at radius 1 is 1.36 bits per heavy atom. The molecule has 0 bridgehead atoms. The van der Waals surface area contributed by atoms with Crippen molar-refractivity contribution in [3.05, 3.63) is 56.0 Å². The maximum absolute atomic E-state index is 12.3. The van der Waals surface area contributed by atoms with Crippen LogP contribution in [0.3, 0.4) is 0 Å². The van der Waals surface area contributed by atoms with Crippen molar-refractivity contribution in [3.63, 3.8) is 0 Å². The molecule has 6 nitrogen and oxygen atoms in total. The first kappa shape index (κ1) is 14.8. The van der Waals surface area contributed by atoms with E-state index in [4.69, 9.17) is 4.74 Å². The fraction of sp³-hybridized carbons (Fsp3) is 0.133. The smallest absolute Gasteiger partial charge is 0.345 e. The first-order chi connectivity index (χ1) is 10.6. The van der Waals surface area contributed by atoms with Crippen molar-refractivity contribution in [3.8, 4) is 11.3 Å². The molecule has 3 aromatic rings. The highest BCUT2D eigenvalue weighted by Crippen LogP contribution is 2.19. The van der Waals surface area contributed by atoms with Crippen molar-refractivity contribution in [1.29, 1.82) is 0 Å². The molecule has 1 aromatic carbocycles. The van der Waals surface area contributed by atoms with Crippen LogP contribution in [0.5, 0.6) is 0 Å². The molecule has 112 valence electrons. The summed E-state index contributed by atoms with van der Waals surface area (Å²) in [7, 11) is 0. The largest absolute Gasteiger partial charge is 0.462 e. The zero-order valence-electron chi connectivity index (χ0n) is 11.7. The lowest BCUT2D eigenvalue weighted by molar-refractivity contribution is 0.0523. The zero-order chi connectivity index (χ0) is 15.7. The minimum atomic E-state index is -0.667. The molecule has 0 amide bonds. The van der Waals surface area contributed by atoms with Crippen molar-refractivity contribution < 1.29 is 9.53 Å². The summed E-state index contributed by atoms with van der Waals surface area (Å²) in [5.74, 6) is -0.667. The standard InChI is InChI=1S/C15H12IN3O3/c1-2-22-15(21)11-8-17-13-7-12(18-19(13)14(11)20)9-3-5-10(16)6-4-9/h3-8,18H,2H2,1H3. The maximum atomic E-state index is 12.3. The number of aromatic nitrogens is 3. The molecule has 0 atom stereocenters. The van der Waals surface area contributed by atoms with Crippen molar-refractivity contribution in [2.45, 2.75) is 6.92 Å². The predicted octanol–water partition coefficient (Wildman–Crippen LogP) is 2.47. The molecule has 0 aliphatic rings. The number of H-pyrrole nitrogens is 1. The van der Waals surface area contributed by atoms with E-state index in [2.05, 4.69) is 32.7 Å². The van der Waals surface area contributed by atoms with Crippen LogP contribution in [0.2, 0.25) is 0 Å². The second kappa shape index (κ2) is 5.91. The highest BCUT2D eigenvalue weighted by molar-refractivity contribution is 14.1. The second-order valence-corrected chi connectivity index (χ2v) is 5.81. The summed E-state index contributed by atoms with van der Waals surface area (Å²) in [6.07, 6.45) is 1.25. The molecule has 3 rings (SSSR count). The van der Waals surface area contributed by atoms with Gasteiger partial charge in [0, 0.05) is 15.8 Å². The summed E-state index contributed by atoms with van der Waals surface area (Å²) in [5, 5.41) is 2.97. The predicted molar refractivity (Wildman–Crippen MR) is 89.9 cm³/mol. The third-order valence-corrected chi connectivity index (χ3v) is 3.86. The van der Waals surface area contributed by atoms with Crippen LogP contribution < -0.4 is 5.56 Å². The van der Waals surface area contributed by atoms with Gasteiger partial charge in [0.05, 0.1) is 12.3 Å². The van der Waals surface area contributed by atoms with Gasteiger partial charge in [-0.2, -0.15) is 0 Å². The number of aromatic amines is 1. The Morgan fingerprint density at radius 3 is 2.77 bits per heavy atom. The maximum Gasteiger partial charge on any atom is 0.345 e. The van der Waals surface area contributed by atoms with Crippen LogP contribution in [-0.2, 0) is 4.74 Å². The van der Waals surface area contributed by atoms with Crippen LogP contribution in [0.4, 0.5) is 0 Å². The van der Waals surface area contributed by atoms with Crippen molar-refractivity contribution in [2.24, 2.45) is 0 Å². The first-order valence-corrected chi connectivity index (χ1v) is 7.72. The Morgan fingerprint density at radius 2 is 2.09 bits per heavy atom. The van der Waals surface area contributed by atoms with Gasteiger partial charge in [0.25, 0.3) is 5.56 Å². The normalized spacial score (nSPS) is 10.8. The molecule has 0 spiro atoms. The fourth-order valence-corrected chi connectivity index (χ4v) is 2.45. The van der Waals surface area contributed by atoms with Crippen LogP contribution >= 0.6 is 22.6 Å². The van der Waals surface area contributed by atoms with Gasteiger partial charge in [-0.05, 0) is 47.2 Å². The van der Waals surface area contributed by atoms with Crippen LogP contribution in [0, 0.1) is 3.57 Å². The van der Waals surface area contributed by atoms with E-state index < -0.39 is 11.5 Å². The van der Waals surface area contributed by atoms with E-state index in [0.717, 1.165) is 14.8 Å². The molecule has 7 heteroatoms. The summed E-state index contributed by atoms with van der Waals surface area (Å²) in [6, 6.07) is 9.61. The van der Waals surface area contributed by atoms with Gasteiger partial charge < -0.3 is 4.74 Å². The minimum Gasteiger partial charge on any atom is -0.462 e. The third-order valence-electron chi connectivity index (χ3n) is 3.14. The van der Waals surface area contributed by atoms with Crippen LogP contribution in [0.15, 0.2) is 41.3 Å². The number of halogens is 1. The minimum absolute atomic E-state index is 0.0876. The molecule has 0 saturated heterocycles. The summed E-state index contributed by atoms with van der Waals surface area (Å²) in [6.45, 7) is 1.89. The Balaban J connectivity index is 2.10. The molecule has 2 aromatic heterocycles. The Bertz CT molecular complexity index is 897. The van der Waals surface area contributed by atoms with E-state index in [-0.39, 0.29) is 12.2 Å². The summed E-state index contributed by atoms with van der Waals surface area (Å²) >= 11 is 2.23. The van der Waals surface area contributed by atoms with E-state index in [1.54, 1.807) is 13.0 Å². The number of esters is 1. The van der Waals surface area contributed by atoms with E-state index in [9.17, 15) is 9.59 Å². The number of nitrogens with one attached hydrogen (secondary N) is 1. The molecule has 0 unspecified atom stereocenters. The topological polar surface area (TPSA) is 76.5 Å². The Hall–Kier alpha value is -2.16. The van der Waals surface area contributed by atoms with Crippen molar-refractivity contribution in [2.75, 3.05) is 6.61 Å². The highest BCUT2D eigenvalue weighted by Gasteiger charge is 2.15. The Labute approximate surface area is 139 Å². The molecule has 22 heavy (non-hydrogen) atoms. The van der Waals surface area contributed by atoms with Crippen molar-refractivity contribution in [1.82, 2.24) is 14.6 Å². The van der Waals surface area contributed by atoms with Gasteiger partial charge in [-0.15, -0.1) is 0 Å². The summed E-state index contributed by atoms with van der Waals surface area (Å²) in [4.78, 5) is 28.2. The van der Waals surface area contributed by atoms with Crippen molar-refractivity contribution >= 4 is 34.2 Å². The average molecular weight is 409 g/mol. The van der Waals surface area contributed by atoms with Gasteiger partial charge in [-0.25, -0.2) is 14.3 Å². The summed E-state index contributed by atoms with van der Waals surface area (Å²) in [5.41, 5.74) is 1.58. The lowest BCUT2D eigenvalue weighted by atomic mass is 10.2. The molecule has 0 radical (unpaired) electrons. The fourth-order valence-electron chi connectivity index (χ4n) is 2.09. The number of carbonyl (C=O) groups is 1.